The first kappa shape index (κ1) is 53.0. The van der Waals surface area contributed by atoms with Gasteiger partial charge in [0.1, 0.15) is 19.8 Å². The van der Waals surface area contributed by atoms with Crippen LogP contribution in [0.25, 0.3) is 0 Å². The molecule has 0 aliphatic heterocycles. The topological polar surface area (TPSA) is 108 Å². The van der Waals surface area contributed by atoms with Crippen LogP contribution in [0.3, 0.4) is 0 Å². The summed E-state index contributed by atoms with van der Waals surface area (Å²) in [5.41, 5.74) is 0. The van der Waals surface area contributed by atoms with Crippen molar-refractivity contribution in [2.75, 3.05) is 47.5 Å². The number of ether oxygens (including phenoxy) is 2. The third-order valence-electron chi connectivity index (χ3n) is 10.1. The zero-order valence-electron chi connectivity index (χ0n) is 36.2. The quantitative estimate of drug-likeness (QED) is 0.0282. The van der Waals surface area contributed by atoms with Crippen LogP contribution in [0.1, 0.15) is 219 Å². The van der Waals surface area contributed by atoms with Crippen LogP contribution in [-0.4, -0.2) is 74.9 Å². The van der Waals surface area contributed by atoms with Gasteiger partial charge in [-0.3, -0.25) is 18.6 Å². The Balaban J connectivity index is 4.21. The van der Waals surface area contributed by atoms with Gasteiger partial charge in [0.2, 0.25) is 0 Å². The Bertz CT molecular complexity index is 896. The van der Waals surface area contributed by atoms with Crippen LogP contribution in [0, 0.1) is 0 Å². The number of hydrogen-bond acceptors (Lipinski definition) is 7. The average Bonchev–Trinajstić information content (AvgIpc) is 3.12. The molecule has 0 aromatic rings. The van der Waals surface area contributed by atoms with Gasteiger partial charge in [0.15, 0.2) is 6.10 Å². The van der Waals surface area contributed by atoms with E-state index in [2.05, 4.69) is 13.8 Å². The smallest absolute Gasteiger partial charge is 0.462 e. The maximum Gasteiger partial charge on any atom is 0.472 e. The molecule has 0 spiro atoms. The molecular formula is C44H89NO8P+. The molecule has 0 aliphatic rings. The number of quaternary nitrogens is 1. The molecule has 0 bridgehead atoms. The first-order valence-electron chi connectivity index (χ1n) is 22.8. The fourth-order valence-electron chi connectivity index (χ4n) is 6.54. The van der Waals surface area contributed by atoms with Crippen molar-refractivity contribution >= 4 is 19.8 Å². The first-order valence-corrected chi connectivity index (χ1v) is 24.3. The van der Waals surface area contributed by atoms with Gasteiger partial charge >= 0.3 is 19.8 Å². The molecule has 2 atom stereocenters. The van der Waals surface area contributed by atoms with Crippen LogP contribution in [0.15, 0.2) is 0 Å². The number of unbranched alkanes of at least 4 members (excludes halogenated alkanes) is 28. The highest BCUT2D eigenvalue weighted by molar-refractivity contribution is 7.47. The number of carbonyl (C=O) groups is 2. The molecule has 0 saturated heterocycles. The van der Waals surface area contributed by atoms with E-state index < -0.39 is 26.5 Å². The first-order chi connectivity index (χ1) is 26.0. The van der Waals surface area contributed by atoms with Crippen molar-refractivity contribution < 1.29 is 42.1 Å². The second-order valence-electron chi connectivity index (χ2n) is 16.8. The molecule has 54 heavy (non-hydrogen) atoms. The highest BCUT2D eigenvalue weighted by Crippen LogP contribution is 2.43. The van der Waals surface area contributed by atoms with Crippen molar-refractivity contribution in [3.05, 3.63) is 0 Å². The molecule has 0 rings (SSSR count). The summed E-state index contributed by atoms with van der Waals surface area (Å²) in [5.74, 6) is -0.786. The van der Waals surface area contributed by atoms with Gasteiger partial charge in [-0.15, -0.1) is 0 Å². The highest BCUT2D eigenvalue weighted by Gasteiger charge is 2.27. The van der Waals surface area contributed by atoms with Gasteiger partial charge in [0.05, 0.1) is 27.7 Å². The van der Waals surface area contributed by atoms with Crippen molar-refractivity contribution in [2.45, 2.75) is 225 Å². The fourth-order valence-corrected chi connectivity index (χ4v) is 7.29. The van der Waals surface area contributed by atoms with Gasteiger partial charge in [-0.05, 0) is 12.8 Å². The Morgan fingerprint density at radius 2 is 0.833 bits per heavy atom. The largest absolute Gasteiger partial charge is 0.472 e. The second-order valence-corrected chi connectivity index (χ2v) is 18.3. The van der Waals surface area contributed by atoms with E-state index in [4.69, 9.17) is 18.5 Å². The van der Waals surface area contributed by atoms with Crippen LogP contribution < -0.4 is 0 Å². The van der Waals surface area contributed by atoms with Crippen LogP contribution >= 0.6 is 7.82 Å². The average molecular weight is 791 g/mol. The number of phosphoric ester groups is 1. The van der Waals surface area contributed by atoms with Gasteiger partial charge in [0, 0.05) is 12.8 Å². The second kappa shape index (κ2) is 37.6. The monoisotopic (exact) mass is 791 g/mol. The molecular weight excluding hydrogens is 701 g/mol. The number of nitrogens with zero attached hydrogens (tertiary/aromatic N) is 1. The zero-order chi connectivity index (χ0) is 40.0. The van der Waals surface area contributed by atoms with E-state index in [0.29, 0.717) is 17.4 Å². The molecule has 0 aromatic carbocycles. The maximum absolute atomic E-state index is 12.7. The third kappa shape index (κ3) is 40.7. The predicted octanol–water partition coefficient (Wildman–Crippen LogP) is 12.8. The van der Waals surface area contributed by atoms with Gasteiger partial charge in [-0.2, -0.15) is 0 Å². The summed E-state index contributed by atoms with van der Waals surface area (Å²) in [4.78, 5) is 35.3. The van der Waals surface area contributed by atoms with E-state index in [1.165, 1.54) is 154 Å². The molecule has 0 heterocycles. The van der Waals surface area contributed by atoms with Crippen molar-refractivity contribution in [3.8, 4) is 0 Å². The summed E-state index contributed by atoms with van der Waals surface area (Å²) in [6, 6.07) is 0. The molecule has 0 saturated carbocycles. The molecule has 0 radical (unpaired) electrons. The van der Waals surface area contributed by atoms with Crippen LogP contribution in [-0.2, 0) is 32.7 Å². The summed E-state index contributed by atoms with van der Waals surface area (Å²) in [7, 11) is 1.49. The van der Waals surface area contributed by atoms with E-state index in [-0.39, 0.29) is 25.6 Å². The molecule has 9 nitrogen and oxygen atoms in total. The van der Waals surface area contributed by atoms with Crippen molar-refractivity contribution in [2.24, 2.45) is 0 Å². The summed E-state index contributed by atoms with van der Waals surface area (Å²) >= 11 is 0. The van der Waals surface area contributed by atoms with Crippen molar-refractivity contribution in [1.82, 2.24) is 0 Å². The van der Waals surface area contributed by atoms with E-state index in [1.807, 2.05) is 21.1 Å². The van der Waals surface area contributed by atoms with Gasteiger partial charge in [-0.25, -0.2) is 4.57 Å². The minimum absolute atomic E-state index is 0.0367. The summed E-state index contributed by atoms with van der Waals surface area (Å²) < 4.78 is 34.3. The lowest BCUT2D eigenvalue weighted by atomic mass is 10.0. The SMILES string of the molecule is CCCCCCCCCCCCCCCCCCCCCCC(=O)O[C@H](COC(=O)CCCCCCCCCCCC)COP(=O)(O)OCC[N+](C)(C)C. The third-order valence-corrected chi connectivity index (χ3v) is 11.1. The lowest BCUT2D eigenvalue weighted by Gasteiger charge is -2.24. The summed E-state index contributed by atoms with van der Waals surface area (Å²) in [6.07, 6.45) is 37.2. The number of hydrogen-bond donors (Lipinski definition) is 1. The summed E-state index contributed by atoms with van der Waals surface area (Å²) in [5, 5.41) is 0. The highest BCUT2D eigenvalue weighted by atomic mass is 31.2. The number of likely N-dealkylation sites (N-methyl/N-ethyl adjacent to an activating group) is 1. The lowest BCUT2D eigenvalue weighted by molar-refractivity contribution is -0.870. The molecule has 0 aliphatic carbocycles. The van der Waals surface area contributed by atoms with Crippen LogP contribution in [0.2, 0.25) is 0 Å². The zero-order valence-corrected chi connectivity index (χ0v) is 37.1. The number of phosphoric acid groups is 1. The molecule has 1 N–H and O–H groups in total. The molecule has 0 aromatic heterocycles. The Labute approximate surface area is 334 Å². The molecule has 1 unspecified atom stereocenters. The number of carbonyl (C=O) groups excluding carboxylic acids is 2. The molecule has 10 heteroatoms. The fraction of sp³-hybridized carbons (Fsp3) is 0.955. The van der Waals surface area contributed by atoms with Gasteiger partial charge in [0.25, 0.3) is 0 Å². The standard InChI is InChI=1S/C44H88NO8P/c1-6-8-10-12-14-16-18-19-20-21-22-23-24-25-26-27-29-31-33-35-37-44(47)53-42(41-52-54(48,49)51-39-38-45(3,4)5)40-50-43(46)36-34-32-30-28-17-15-13-11-9-7-2/h42H,6-41H2,1-5H3/p+1/t42-/m1/s1. The van der Waals surface area contributed by atoms with Gasteiger partial charge < -0.3 is 18.9 Å². The Morgan fingerprint density at radius 3 is 1.19 bits per heavy atom. The predicted molar refractivity (Wildman–Crippen MR) is 225 cm³/mol. The number of rotatable bonds is 42. The minimum Gasteiger partial charge on any atom is -0.462 e. The Hall–Kier alpha value is -0.990. The summed E-state index contributed by atoms with van der Waals surface area (Å²) in [6.45, 7) is 4.44. The minimum atomic E-state index is -4.36. The van der Waals surface area contributed by atoms with E-state index in [0.717, 1.165) is 38.5 Å². The lowest BCUT2D eigenvalue weighted by Crippen LogP contribution is -2.37. The van der Waals surface area contributed by atoms with Crippen LogP contribution in [0.4, 0.5) is 0 Å². The molecule has 0 fully saturated rings. The van der Waals surface area contributed by atoms with E-state index in [9.17, 15) is 19.0 Å². The van der Waals surface area contributed by atoms with Gasteiger partial charge in [-0.1, -0.05) is 194 Å². The van der Waals surface area contributed by atoms with E-state index >= 15 is 0 Å². The molecule has 0 amide bonds. The number of esters is 2. The van der Waals surface area contributed by atoms with Crippen molar-refractivity contribution in [1.29, 1.82) is 0 Å². The Morgan fingerprint density at radius 1 is 0.500 bits per heavy atom. The van der Waals surface area contributed by atoms with Crippen LogP contribution in [0.5, 0.6) is 0 Å². The van der Waals surface area contributed by atoms with E-state index in [1.54, 1.807) is 0 Å². The normalized spacial score (nSPS) is 13.5. The van der Waals surface area contributed by atoms with Crippen molar-refractivity contribution in [3.63, 3.8) is 0 Å². The molecule has 322 valence electrons. The maximum atomic E-state index is 12.7. The Kier molecular flexibility index (Phi) is 36.9.